The van der Waals surface area contributed by atoms with Crippen LogP contribution in [-0.4, -0.2) is 97.5 Å². The van der Waals surface area contributed by atoms with Crippen molar-refractivity contribution in [2.45, 2.75) is 44.3 Å². The van der Waals surface area contributed by atoms with Gasteiger partial charge in [0.15, 0.2) is 5.69 Å². The summed E-state index contributed by atoms with van der Waals surface area (Å²) in [5.41, 5.74) is -0.995. The SMILES string of the molecule is CC(Nc1cc(C(F)(F)F)nc(NC(C)C2CN(C)CCO2)n1)C1CN(C)CCO1. The Balaban J connectivity index is 1.74. The van der Waals surface area contributed by atoms with Crippen LogP contribution in [0.1, 0.15) is 19.5 Å². The lowest BCUT2D eigenvalue weighted by molar-refractivity contribution is -0.141. The van der Waals surface area contributed by atoms with Crippen LogP contribution in [0.25, 0.3) is 0 Å². The van der Waals surface area contributed by atoms with Crippen LogP contribution in [0.3, 0.4) is 0 Å². The molecule has 3 rings (SSSR count). The molecule has 4 atom stereocenters. The molecule has 1 aromatic heterocycles. The molecule has 4 unspecified atom stereocenters. The third-order valence-electron chi connectivity index (χ3n) is 5.46. The average Bonchev–Trinajstić information content (AvgIpc) is 2.67. The third kappa shape index (κ3) is 6.16. The van der Waals surface area contributed by atoms with E-state index < -0.39 is 11.9 Å². The van der Waals surface area contributed by atoms with Gasteiger partial charge in [-0.3, -0.25) is 0 Å². The van der Waals surface area contributed by atoms with E-state index in [1.807, 2.05) is 27.9 Å². The minimum Gasteiger partial charge on any atom is -0.373 e. The summed E-state index contributed by atoms with van der Waals surface area (Å²) in [5, 5.41) is 6.05. The Hall–Kier alpha value is -1.69. The molecule has 0 radical (unpaired) electrons. The molecule has 2 N–H and O–H groups in total. The number of likely N-dealkylation sites (N-methyl/N-ethyl adjacent to an activating group) is 2. The molecule has 0 spiro atoms. The summed E-state index contributed by atoms with van der Waals surface area (Å²) in [7, 11) is 3.97. The zero-order valence-corrected chi connectivity index (χ0v) is 17.9. The first kappa shape index (κ1) is 23.0. The molecule has 1 aromatic rings. The van der Waals surface area contributed by atoms with Gasteiger partial charge < -0.3 is 29.9 Å². The molecule has 2 aliphatic rings. The number of anilines is 2. The summed E-state index contributed by atoms with van der Waals surface area (Å²) in [5.74, 6) is 0.0311. The fraction of sp³-hybridized carbons (Fsp3) is 0.789. The van der Waals surface area contributed by atoms with E-state index in [9.17, 15) is 13.2 Å². The summed E-state index contributed by atoms with van der Waals surface area (Å²) in [6.45, 7) is 7.94. The van der Waals surface area contributed by atoms with Gasteiger partial charge in [-0.2, -0.15) is 18.2 Å². The first-order chi connectivity index (χ1) is 14.1. The molecule has 2 saturated heterocycles. The van der Waals surface area contributed by atoms with Gasteiger partial charge in [0.25, 0.3) is 0 Å². The van der Waals surface area contributed by atoms with E-state index in [0.29, 0.717) is 26.3 Å². The molecule has 0 bridgehead atoms. The molecule has 11 heteroatoms. The van der Waals surface area contributed by atoms with Crippen LogP contribution < -0.4 is 10.6 Å². The quantitative estimate of drug-likeness (QED) is 0.705. The van der Waals surface area contributed by atoms with E-state index in [4.69, 9.17) is 9.47 Å². The summed E-state index contributed by atoms with van der Waals surface area (Å²) < 4.78 is 51.8. The lowest BCUT2D eigenvalue weighted by atomic mass is 10.1. The Morgan fingerprint density at radius 1 is 0.967 bits per heavy atom. The number of rotatable bonds is 6. The van der Waals surface area contributed by atoms with Gasteiger partial charge in [0.2, 0.25) is 5.95 Å². The predicted molar refractivity (Wildman–Crippen MR) is 108 cm³/mol. The minimum atomic E-state index is -4.58. The predicted octanol–water partition coefficient (Wildman–Crippen LogP) is 1.76. The Morgan fingerprint density at radius 2 is 1.50 bits per heavy atom. The zero-order chi connectivity index (χ0) is 21.9. The third-order valence-corrected chi connectivity index (χ3v) is 5.46. The molecular formula is C19H31F3N6O2. The number of hydrogen-bond acceptors (Lipinski definition) is 8. The monoisotopic (exact) mass is 432 g/mol. The molecule has 0 aromatic carbocycles. The molecule has 0 saturated carbocycles. The molecule has 3 heterocycles. The Kier molecular flexibility index (Phi) is 7.38. The maximum atomic E-state index is 13.4. The van der Waals surface area contributed by atoms with Crippen molar-refractivity contribution in [2.75, 3.05) is 64.1 Å². The van der Waals surface area contributed by atoms with Crippen LogP contribution in [0.15, 0.2) is 6.07 Å². The van der Waals surface area contributed by atoms with E-state index >= 15 is 0 Å². The molecule has 0 amide bonds. The van der Waals surface area contributed by atoms with Gasteiger partial charge in [-0.25, -0.2) is 4.98 Å². The number of nitrogens with zero attached hydrogens (tertiary/aromatic N) is 4. The van der Waals surface area contributed by atoms with Gasteiger partial charge >= 0.3 is 6.18 Å². The summed E-state index contributed by atoms with van der Waals surface area (Å²) in [6, 6.07) is 0.463. The number of alkyl halides is 3. The van der Waals surface area contributed by atoms with Crippen LogP contribution in [0.4, 0.5) is 24.9 Å². The summed E-state index contributed by atoms with van der Waals surface area (Å²) >= 11 is 0. The van der Waals surface area contributed by atoms with E-state index in [1.165, 1.54) is 0 Å². The van der Waals surface area contributed by atoms with Crippen molar-refractivity contribution in [3.8, 4) is 0 Å². The molecule has 2 fully saturated rings. The molecule has 2 aliphatic heterocycles. The fourth-order valence-corrected chi connectivity index (χ4v) is 3.58. The maximum Gasteiger partial charge on any atom is 0.433 e. The number of hydrogen-bond donors (Lipinski definition) is 2. The van der Waals surface area contributed by atoms with Crippen molar-refractivity contribution in [2.24, 2.45) is 0 Å². The van der Waals surface area contributed by atoms with Crippen molar-refractivity contribution in [3.63, 3.8) is 0 Å². The van der Waals surface area contributed by atoms with Crippen LogP contribution in [0, 0.1) is 0 Å². The summed E-state index contributed by atoms with van der Waals surface area (Å²) in [4.78, 5) is 12.2. The minimum absolute atomic E-state index is 0.0782. The van der Waals surface area contributed by atoms with E-state index in [1.54, 1.807) is 0 Å². The van der Waals surface area contributed by atoms with Crippen LogP contribution >= 0.6 is 0 Å². The van der Waals surface area contributed by atoms with Crippen LogP contribution in [0.2, 0.25) is 0 Å². The maximum absolute atomic E-state index is 13.4. The number of nitrogens with one attached hydrogen (secondary N) is 2. The first-order valence-electron chi connectivity index (χ1n) is 10.2. The highest BCUT2D eigenvalue weighted by atomic mass is 19.4. The van der Waals surface area contributed by atoms with Gasteiger partial charge in [-0.15, -0.1) is 0 Å². The molecular weight excluding hydrogens is 401 g/mol. The highest BCUT2D eigenvalue weighted by Crippen LogP contribution is 2.30. The highest BCUT2D eigenvalue weighted by molar-refractivity contribution is 5.44. The van der Waals surface area contributed by atoms with Crippen LogP contribution in [0.5, 0.6) is 0 Å². The van der Waals surface area contributed by atoms with E-state index in [0.717, 1.165) is 19.2 Å². The van der Waals surface area contributed by atoms with Crippen molar-refractivity contribution in [1.82, 2.24) is 19.8 Å². The molecule has 170 valence electrons. The number of halogens is 3. The van der Waals surface area contributed by atoms with Gasteiger partial charge in [0.1, 0.15) is 5.82 Å². The number of morpholine rings is 2. The van der Waals surface area contributed by atoms with Gasteiger partial charge in [0, 0.05) is 32.2 Å². The molecule has 0 aliphatic carbocycles. The summed E-state index contributed by atoms with van der Waals surface area (Å²) in [6.07, 6.45) is -4.89. The smallest absolute Gasteiger partial charge is 0.373 e. The van der Waals surface area contributed by atoms with E-state index in [2.05, 4.69) is 30.4 Å². The van der Waals surface area contributed by atoms with Crippen LogP contribution in [-0.2, 0) is 15.7 Å². The standard InChI is InChI=1S/C19H31F3N6O2/c1-12(14-10-27(3)5-7-29-14)23-17-9-16(19(20,21)22)25-18(26-17)24-13(2)15-11-28(4)6-8-30-15/h9,12-15H,5-8,10-11H2,1-4H3,(H2,23,24,25,26). The lowest BCUT2D eigenvalue weighted by Crippen LogP contribution is -2.48. The second-order valence-electron chi connectivity index (χ2n) is 8.17. The van der Waals surface area contributed by atoms with Crippen molar-refractivity contribution >= 4 is 11.8 Å². The largest absolute Gasteiger partial charge is 0.433 e. The Labute approximate surface area is 175 Å². The van der Waals surface area contributed by atoms with Crippen molar-refractivity contribution in [1.29, 1.82) is 0 Å². The second kappa shape index (κ2) is 9.63. The topological polar surface area (TPSA) is 74.8 Å². The second-order valence-corrected chi connectivity index (χ2v) is 8.17. The normalized spacial score (nSPS) is 26.2. The number of aromatic nitrogens is 2. The fourth-order valence-electron chi connectivity index (χ4n) is 3.58. The van der Waals surface area contributed by atoms with Crippen molar-refractivity contribution in [3.05, 3.63) is 11.8 Å². The molecule has 8 nitrogen and oxygen atoms in total. The van der Waals surface area contributed by atoms with Gasteiger partial charge in [0.05, 0.1) is 37.5 Å². The average molecular weight is 432 g/mol. The Morgan fingerprint density at radius 3 is 2.00 bits per heavy atom. The Bertz CT molecular complexity index is 659. The lowest BCUT2D eigenvalue weighted by Gasteiger charge is -2.34. The van der Waals surface area contributed by atoms with Gasteiger partial charge in [-0.05, 0) is 27.9 Å². The van der Waals surface area contributed by atoms with Gasteiger partial charge in [-0.1, -0.05) is 0 Å². The first-order valence-corrected chi connectivity index (χ1v) is 10.2. The molecule has 30 heavy (non-hydrogen) atoms. The van der Waals surface area contributed by atoms with E-state index in [-0.39, 0.29) is 36.1 Å². The zero-order valence-electron chi connectivity index (χ0n) is 17.9. The highest BCUT2D eigenvalue weighted by Gasteiger charge is 2.35. The number of ether oxygens (including phenoxy) is 2. The van der Waals surface area contributed by atoms with Crippen molar-refractivity contribution < 1.29 is 22.6 Å².